The highest BCUT2D eigenvalue weighted by Crippen LogP contribution is 2.41. The van der Waals surface area contributed by atoms with Crippen molar-refractivity contribution in [3.05, 3.63) is 26.9 Å². The molecule has 0 aliphatic rings. The van der Waals surface area contributed by atoms with Crippen LogP contribution in [0.25, 0.3) is 11.4 Å². The monoisotopic (exact) mass is 419 g/mol. The molecule has 1 aromatic carbocycles. The van der Waals surface area contributed by atoms with Gasteiger partial charge >= 0.3 is 0 Å². The van der Waals surface area contributed by atoms with Gasteiger partial charge in [-0.15, -0.1) is 0 Å². The Bertz CT molecular complexity index is 652. The van der Waals surface area contributed by atoms with Crippen LogP contribution in [0.15, 0.2) is 18.3 Å². The second-order valence-corrected chi connectivity index (χ2v) is 5.62. The molecule has 2 rings (SSSR count). The van der Waals surface area contributed by atoms with Crippen molar-refractivity contribution >= 4 is 40.0 Å². The second kappa shape index (κ2) is 7.13. The Labute approximate surface area is 142 Å². The fourth-order valence-corrected chi connectivity index (χ4v) is 2.62. The molecular weight excluding hydrogens is 405 g/mol. The third-order valence-corrected chi connectivity index (χ3v) is 3.98. The van der Waals surface area contributed by atoms with Crippen molar-refractivity contribution in [3.8, 4) is 22.9 Å². The average Bonchev–Trinajstić information content (AvgIpc) is 2.49. The molecule has 2 aromatic rings. The van der Waals surface area contributed by atoms with E-state index in [9.17, 15) is 0 Å². The molecule has 0 aliphatic heterocycles. The van der Waals surface area contributed by atoms with Crippen LogP contribution in [0.3, 0.4) is 0 Å². The van der Waals surface area contributed by atoms with Crippen molar-refractivity contribution in [1.82, 2.24) is 9.97 Å². The minimum Gasteiger partial charge on any atom is -0.493 e. The van der Waals surface area contributed by atoms with Gasteiger partial charge in [-0.2, -0.15) is 0 Å². The van der Waals surface area contributed by atoms with Crippen molar-refractivity contribution in [2.75, 3.05) is 26.1 Å². The first-order chi connectivity index (χ1) is 10.1. The van der Waals surface area contributed by atoms with Crippen LogP contribution in [-0.2, 0) is 0 Å². The Hall–Kier alpha value is -1.28. The van der Waals surface area contributed by atoms with E-state index in [2.05, 4.69) is 37.9 Å². The smallest absolute Gasteiger partial charge is 0.180 e. The quantitative estimate of drug-likeness (QED) is 0.746. The van der Waals surface area contributed by atoms with Gasteiger partial charge < -0.3 is 14.8 Å². The number of nitrogens with zero attached hydrogens (tertiary/aromatic N) is 2. The molecule has 0 unspecified atom stereocenters. The van der Waals surface area contributed by atoms with Crippen LogP contribution in [0, 0.1) is 3.57 Å². The Balaban J connectivity index is 2.54. The lowest BCUT2D eigenvalue weighted by atomic mass is 10.2. The number of rotatable bonds is 5. The summed E-state index contributed by atoms with van der Waals surface area (Å²) in [5.41, 5.74) is 0.699. The summed E-state index contributed by atoms with van der Waals surface area (Å²) >= 11 is 8.58. The SMILES string of the molecule is CCNc1nc(-c2ccc(OC)c(OC)c2Cl)ncc1I. The topological polar surface area (TPSA) is 56.3 Å². The molecule has 1 heterocycles. The molecule has 0 radical (unpaired) electrons. The van der Waals surface area contributed by atoms with Gasteiger partial charge in [-0.1, -0.05) is 11.6 Å². The number of anilines is 1. The Morgan fingerprint density at radius 1 is 1.29 bits per heavy atom. The second-order valence-electron chi connectivity index (χ2n) is 4.08. The highest BCUT2D eigenvalue weighted by Gasteiger charge is 2.17. The van der Waals surface area contributed by atoms with E-state index in [1.165, 1.54) is 0 Å². The zero-order valence-corrected chi connectivity index (χ0v) is 14.8. The summed E-state index contributed by atoms with van der Waals surface area (Å²) in [5.74, 6) is 2.37. The highest BCUT2D eigenvalue weighted by atomic mass is 127. The number of methoxy groups -OCH3 is 2. The lowest BCUT2D eigenvalue weighted by Gasteiger charge is -2.13. The zero-order chi connectivity index (χ0) is 15.4. The summed E-state index contributed by atoms with van der Waals surface area (Å²) in [4.78, 5) is 8.86. The van der Waals surface area contributed by atoms with Crippen LogP contribution in [0.5, 0.6) is 11.5 Å². The highest BCUT2D eigenvalue weighted by molar-refractivity contribution is 14.1. The molecule has 0 fully saturated rings. The average molecular weight is 420 g/mol. The Morgan fingerprint density at radius 3 is 2.67 bits per heavy atom. The molecule has 21 heavy (non-hydrogen) atoms. The van der Waals surface area contributed by atoms with Gasteiger partial charge in [-0.25, -0.2) is 9.97 Å². The number of aromatic nitrogens is 2. The zero-order valence-electron chi connectivity index (χ0n) is 11.9. The predicted octanol–water partition coefficient (Wildman–Crippen LogP) is 3.85. The molecule has 1 aromatic heterocycles. The fourth-order valence-electron chi connectivity index (χ4n) is 1.85. The van der Waals surface area contributed by atoms with Crippen molar-refractivity contribution in [2.24, 2.45) is 0 Å². The van der Waals surface area contributed by atoms with E-state index in [-0.39, 0.29) is 0 Å². The van der Waals surface area contributed by atoms with Gasteiger partial charge in [0.1, 0.15) is 5.82 Å². The van der Waals surface area contributed by atoms with Crippen LogP contribution in [-0.4, -0.2) is 30.7 Å². The molecule has 0 amide bonds. The van der Waals surface area contributed by atoms with Crippen LogP contribution >= 0.6 is 34.2 Å². The van der Waals surface area contributed by atoms with E-state index in [4.69, 9.17) is 21.1 Å². The summed E-state index contributed by atoms with van der Waals surface area (Å²) in [7, 11) is 3.12. The summed E-state index contributed by atoms with van der Waals surface area (Å²) in [6.07, 6.45) is 1.76. The van der Waals surface area contributed by atoms with E-state index < -0.39 is 0 Å². The first-order valence-corrected chi connectivity index (χ1v) is 7.75. The number of halogens is 2. The largest absolute Gasteiger partial charge is 0.493 e. The molecular formula is C14H15ClIN3O2. The fraction of sp³-hybridized carbons (Fsp3) is 0.286. The molecule has 112 valence electrons. The molecule has 0 saturated carbocycles. The van der Waals surface area contributed by atoms with Gasteiger partial charge in [0, 0.05) is 18.3 Å². The van der Waals surface area contributed by atoms with Crippen LogP contribution < -0.4 is 14.8 Å². The van der Waals surface area contributed by atoms with Gasteiger partial charge in [0.05, 0.1) is 22.8 Å². The van der Waals surface area contributed by atoms with E-state index in [0.717, 1.165) is 15.9 Å². The molecule has 0 atom stereocenters. The summed E-state index contributed by atoms with van der Waals surface area (Å²) in [5, 5.41) is 3.63. The van der Waals surface area contributed by atoms with Crippen molar-refractivity contribution < 1.29 is 9.47 Å². The molecule has 1 N–H and O–H groups in total. The predicted molar refractivity (Wildman–Crippen MR) is 92.5 cm³/mol. The normalized spacial score (nSPS) is 10.3. The molecule has 0 aliphatic carbocycles. The lowest BCUT2D eigenvalue weighted by Crippen LogP contribution is -2.04. The minimum atomic E-state index is 0.431. The maximum absolute atomic E-state index is 6.39. The lowest BCUT2D eigenvalue weighted by molar-refractivity contribution is 0.355. The standard InChI is InChI=1S/C14H15ClIN3O2/c1-4-17-14-9(16)7-18-13(19-14)8-5-6-10(20-2)12(21-3)11(8)15/h5-7H,4H2,1-3H3,(H,17,18,19). The Kier molecular flexibility index (Phi) is 5.46. The van der Waals surface area contributed by atoms with E-state index in [1.54, 1.807) is 26.5 Å². The van der Waals surface area contributed by atoms with Gasteiger partial charge in [0.15, 0.2) is 17.3 Å². The van der Waals surface area contributed by atoms with Crippen molar-refractivity contribution in [1.29, 1.82) is 0 Å². The molecule has 0 saturated heterocycles. The number of ether oxygens (including phenoxy) is 2. The van der Waals surface area contributed by atoms with Gasteiger partial charge in [-0.05, 0) is 41.6 Å². The van der Waals surface area contributed by atoms with Crippen molar-refractivity contribution in [2.45, 2.75) is 6.92 Å². The van der Waals surface area contributed by atoms with Gasteiger partial charge in [-0.3, -0.25) is 0 Å². The van der Waals surface area contributed by atoms with Gasteiger partial charge in [0.2, 0.25) is 0 Å². The van der Waals surface area contributed by atoms with Crippen molar-refractivity contribution in [3.63, 3.8) is 0 Å². The van der Waals surface area contributed by atoms with E-state index in [1.807, 2.05) is 13.0 Å². The molecule has 0 spiro atoms. The number of hydrogen-bond donors (Lipinski definition) is 1. The first-order valence-electron chi connectivity index (χ1n) is 6.29. The summed E-state index contributed by atoms with van der Waals surface area (Å²) in [6.45, 7) is 2.80. The number of nitrogens with one attached hydrogen (secondary N) is 1. The van der Waals surface area contributed by atoms with E-state index in [0.29, 0.717) is 27.9 Å². The summed E-state index contributed by atoms with van der Waals surface area (Å²) < 4.78 is 11.5. The maximum atomic E-state index is 6.39. The maximum Gasteiger partial charge on any atom is 0.180 e. The third-order valence-electron chi connectivity index (χ3n) is 2.81. The third kappa shape index (κ3) is 3.32. The number of benzene rings is 1. The molecule has 0 bridgehead atoms. The summed E-state index contributed by atoms with van der Waals surface area (Å²) in [6, 6.07) is 3.61. The van der Waals surface area contributed by atoms with Crippen LogP contribution in [0.4, 0.5) is 5.82 Å². The van der Waals surface area contributed by atoms with E-state index >= 15 is 0 Å². The molecule has 5 nitrogen and oxygen atoms in total. The minimum absolute atomic E-state index is 0.431. The Morgan fingerprint density at radius 2 is 2.05 bits per heavy atom. The first kappa shape index (κ1) is 16.1. The van der Waals surface area contributed by atoms with Crippen LogP contribution in [0.2, 0.25) is 5.02 Å². The van der Waals surface area contributed by atoms with Gasteiger partial charge in [0.25, 0.3) is 0 Å². The molecule has 7 heteroatoms. The number of hydrogen-bond acceptors (Lipinski definition) is 5. The van der Waals surface area contributed by atoms with Crippen LogP contribution in [0.1, 0.15) is 6.92 Å².